The summed E-state index contributed by atoms with van der Waals surface area (Å²) in [6, 6.07) is 0.493. The van der Waals surface area contributed by atoms with Crippen molar-refractivity contribution in [2.24, 2.45) is 11.3 Å². The van der Waals surface area contributed by atoms with Gasteiger partial charge in [0.25, 0.3) is 0 Å². The molecule has 1 unspecified atom stereocenters. The molecule has 0 N–H and O–H groups in total. The summed E-state index contributed by atoms with van der Waals surface area (Å²) in [6.45, 7) is 5.37. The van der Waals surface area contributed by atoms with Gasteiger partial charge < -0.3 is 9.64 Å². The van der Waals surface area contributed by atoms with Crippen molar-refractivity contribution in [2.75, 3.05) is 24.6 Å². The zero-order chi connectivity index (χ0) is 24.8. The second-order valence-electron chi connectivity index (χ2n) is 11.0. The molecule has 4 saturated carbocycles. The van der Waals surface area contributed by atoms with Crippen LogP contribution in [0.3, 0.4) is 0 Å². The Morgan fingerprint density at radius 2 is 1.81 bits per heavy atom. The van der Waals surface area contributed by atoms with E-state index in [0.29, 0.717) is 48.5 Å². The highest BCUT2D eigenvalue weighted by molar-refractivity contribution is 5.75. The monoisotopic (exact) mass is 499 g/mol. The molecule has 36 heavy (non-hydrogen) atoms. The molecule has 11 heteroatoms. The van der Waals surface area contributed by atoms with E-state index in [1.807, 2.05) is 24.7 Å². The molecule has 3 aromatic heterocycles. The molecule has 0 aromatic carbocycles. The molecule has 3 aromatic rings. The van der Waals surface area contributed by atoms with Crippen LogP contribution >= 0.6 is 0 Å². The van der Waals surface area contributed by atoms with Gasteiger partial charge in [0.2, 0.25) is 5.95 Å². The summed E-state index contributed by atoms with van der Waals surface area (Å²) >= 11 is 0. The number of hydrogen-bond acceptors (Lipinski definition) is 7. The molecule has 0 radical (unpaired) electrons. The number of anilines is 1. The van der Waals surface area contributed by atoms with Gasteiger partial charge in [0.1, 0.15) is 11.6 Å². The molecule has 5 aliphatic rings. The Hall–Kier alpha value is -2.82. The third-order valence-corrected chi connectivity index (χ3v) is 8.66. The SMILES string of the molecule is Cc1nc2nc(N3CCOC(c4cnn(C5CC5)c4)C3)nc([C@@H]3CC4(C(F)(F)F)CC3C4)c2nc1C. The molecule has 190 valence electrons. The second-order valence-corrected chi connectivity index (χ2v) is 11.0. The van der Waals surface area contributed by atoms with E-state index < -0.39 is 11.6 Å². The number of aryl methyl sites for hydroxylation is 2. The number of ether oxygens (including phenoxy) is 1. The Labute approximate surface area is 206 Å². The minimum absolute atomic E-state index is 0.0355. The quantitative estimate of drug-likeness (QED) is 0.519. The molecule has 4 heterocycles. The fourth-order valence-corrected chi connectivity index (χ4v) is 6.26. The van der Waals surface area contributed by atoms with Gasteiger partial charge in [0.15, 0.2) is 5.65 Å². The lowest BCUT2D eigenvalue weighted by atomic mass is 9.68. The number of morpholine rings is 1. The summed E-state index contributed by atoms with van der Waals surface area (Å²) < 4.78 is 49.6. The lowest BCUT2D eigenvalue weighted by molar-refractivity contribution is -0.244. The van der Waals surface area contributed by atoms with Crippen molar-refractivity contribution in [2.45, 2.75) is 70.2 Å². The van der Waals surface area contributed by atoms with E-state index in [-0.39, 0.29) is 37.2 Å². The predicted molar refractivity (Wildman–Crippen MR) is 125 cm³/mol. The van der Waals surface area contributed by atoms with Crippen LogP contribution in [0.4, 0.5) is 19.1 Å². The van der Waals surface area contributed by atoms with Crippen molar-refractivity contribution >= 4 is 17.1 Å². The minimum Gasteiger partial charge on any atom is -0.370 e. The standard InChI is InChI=1S/C25H28F3N7O/c1-13-14(2)31-22-21(30-13)20(18-9-24(25(26,27)28)7-15(18)8-24)32-23(33-22)34-5-6-36-19(12-34)16-10-29-35(11-16)17-3-4-17/h10-11,15,17-19H,3-9,12H2,1-2H3/t15?,18-,19?,24?/m1/s1. The van der Waals surface area contributed by atoms with Crippen LogP contribution in [0, 0.1) is 25.2 Å². The van der Waals surface area contributed by atoms with E-state index in [2.05, 4.69) is 21.2 Å². The first kappa shape index (κ1) is 22.4. The lowest BCUT2D eigenvalue weighted by Crippen LogP contribution is -2.42. The van der Waals surface area contributed by atoms with Crippen LogP contribution in [-0.4, -0.2) is 55.6 Å². The van der Waals surface area contributed by atoms with Crippen molar-refractivity contribution in [1.29, 1.82) is 0 Å². The molecular weight excluding hydrogens is 471 g/mol. The van der Waals surface area contributed by atoms with Gasteiger partial charge in [-0.05, 0) is 51.9 Å². The van der Waals surface area contributed by atoms with Crippen LogP contribution in [0.25, 0.3) is 11.2 Å². The summed E-state index contributed by atoms with van der Waals surface area (Å²) in [6.07, 6.45) is 2.27. The van der Waals surface area contributed by atoms with E-state index >= 15 is 0 Å². The van der Waals surface area contributed by atoms with Crippen LogP contribution in [-0.2, 0) is 4.74 Å². The van der Waals surface area contributed by atoms with E-state index in [1.165, 1.54) is 0 Å². The fraction of sp³-hybridized carbons (Fsp3) is 0.640. The zero-order valence-electron chi connectivity index (χ0n) is 20.3. The second kappa shape index (κ2) is 7.60. The number of fused-ring (bicyclic) bond motifs is 2. The molecule has 2 atom stereocenters. The maximum absolute atomic E-state index is 13.8. The zero-order valence-corrected chi connectivity index (χ0v) is 20.3. The summed E-state index contributed by atoms with van der Waals surface area (Å²) in [5.74, 6) is 0.163. The van der Waals surface area contributed by atoms with Crippen molar-refractivity contribution < 1.29 is 17.9 Å². The largest absolute Gasteiger partial charge is 0.394 e. The maximum Gasteiger partial charge on any atom is 0.394 e. The number of aromatic nitrogens is 6. The fourth-order valence-electron chi connectivity index (χ4n) is 6.26. The highest BCUT2D eigenvalue weighted by Crippen LogP contribution is 2.70. The molecule has 2 bridgehead atoms. The molecule has 5 fully saturated rings. The van der Waals surface area contributed by atoms with Crippen molar-refractivity contribution in [3.8, 4) is 0 Å². The van der Waals surface area contributed by atoms with E-state index in [9.17, 15) is 13.2 Å². The van der Waals surface area contributed by atoms with Gasteiger partial charge in [0.05, 0.1) is 47.9 Å². The number of nitrogens with zero attached hydrogens (tertiary/aromatic N) is 7. The third-order valence-electron chi connectivity index (χ3n) is 8.66. The highest BCUT2D eigenvalue weighted by Gasteiger charge is 2.69. The molecule has 8 rings (SSSR count). The molecule has 4 aliphatic carbocycles. The maximum atomic E-state index is 13.8. The average Bonchev–Trinajstić information content (AvgIpc) is 3.26. The van der Waals surface area contributed by atoms with Crippen LogP contribution in [0.1, 0.15) is 72.8 Å². The Balaban J connectivity index is 1.25. The van der Waals surface area contributed by atoms with E-state index in [0.717, 1.165) is 29.8 Å². The van der Waals surface area contributed by atoms with Crippen molar-refractivity contribution in [3.05, 3.63) is 35.0 Å². The Morgan fingerprint density at radius 3 is 2.53 bits per heavy atom. The van der Waals surface area contributed by atoms with Gasteiger partial charge in [0, 0.05) is 24.2 Å². The molecule has 1 saturated heterocycles. The molecular formula is C25H28F3N7O. The summed E-state index contributed by atoms with van der Waals surface area (Å²) in [5.41, 5.74) is 2.54. The highest BCUT2D eigenvalue weighted by atomic mass is 19.4. The van der Waals surface area contributed by atoms with Gasteiger partial charge in [-0.25, -0.2) is 15.0 Å². The molecule has 0 amide bonds. The van der Waals surface area contributed by atoms with Gasteiger partial charge in [-0.15, -0.1) is 0 Å². The summed E-state index contributed by atoms with van der Waals surface area (Å²) in [7, 11) is 0. The predicted octanol–water partition coefficient (Wildman–Crippen LogP) is 4.59. The van der Waals surface area contributed by atoms with Crippen LogP contribution in [0.2, 0.25) is 0 Å². The van der Waals surface area contributed by atoms with Crippen LogP contribution < -0.4 is 4.90 Å². The van der Waals surface area contributed by atoms with Crippen LogP contribution in [0.5, 0.6) is 0 Å². The smallest absolute Gasteiger partial charge is 0.370 e. The Morgan fingerprint density at radius 1 is 1.03 bits per heavy atom. The third kappa shape index (κ3) is 3.42. The molecule has 8 nitrogen and oxygen atoms in total. The summed E-state index contributed by atoms with van der Waals surface area (Å²) in [4.78, 5) is 21.1. The summed E-state index contributed by atoms with van der Waals surface area (Å²) in [5, 5.41) is 4.49. The van der Waals surface area contributed by atoms with E-state index in [4.69, 9.17) is 19.7 Å². The molecule has 0 spiro atoms. The van der Waals surface area contributed by atoms with Crippen LogP contribution in [0.15, 0.2) is 12.4 Å². The van der Waals surface area contributed by atoms with Gasteiger partial charge in [-0.3, -0.25) is 4.68 Å². The number of alkyl halides is 3. The van der Waals surface area contributed by atoms with Gasteiger partial charge >= 0.3 is 6.18 Å². The first-order valence-electron chi connectivity index (χ1n) is 12.7. The Bertz CT molecular complexity index is 1350. The van der Waals surface area contributed by atoms with Gasteiger partial charge in [-0.1, -0.05) is 0 Å². The van der Waals surface area contributed by atoms with Crippen molar-refractivity contribution in [1.82, 2.24) is 29.7 Å². The number of hydrogen-bond donors (Lipinski definition) is 0. The number of rotatable bonds is 4. The van der Waals surface area contributed by atoms with Crippen molar-refractivity contribution in [3.63, 3.8) is 0 Å². The average molecular weight is 500 g/mol. The topological polar surface area (TPSA) is 81.9 Å². The lowest BCUT2D eigenvalue weighted by Gasteiger charge is -2.39. The Kier molecular flexibility index (Phi) is 4.72. The number of halogens is 3. The molecule has 1 aliphatic heterocycles. The first-order valence-corrected chi connectivity index (χ1v) is 12.7. The minimum atomic E-state index is -4.19. The van der Waals surface area contributed by atoms with E-state index in [1.54, 1.807) is 0 Å². The normalized spacial score (nSPS) is 30.1. The van der Waals surface area contributed by atoms with Gasteiger partial charge in [-0.2, -0.15) is 23.3 Å². The first-order chi connectivity index (χ1) is 17.2.